The highest BCUT2D eigenvalue weighted by Crippen LogP contribution is 2.54. The van der Waals surface area contributed by atoms with Crippen molar-refractivity contribution < 1.29 is 15.0 Å². The van der Waals surface area contributed by atoms with Crippen LogP contribution in [0, 0.1) is 12.3 Å². The number of pyridine rings is 1. The summed E-state index contributed by atoms with van der Waals surface area (Å²) < 4.78 is 27.1. The van der Waals surface area contributed by atoms with Crippen LogP contribution in [0.2, 0.25) is 0 Å². The zero-order valence-corrected chi connectivity index (χ0v) is 21.0. The first-order valence-corrected chi connectivity index (χ1v) is 12.8. The van der Waals surface area contributed by atoms with E-state index in [9.17, 15) is 13.6 Å². The fraction of sp³-hybridized carbons (Fsp3) is 0.556. The number of hydrogen-bond donors (Lipinski definition) is 1. The maximum atomic E-state index is 13.6. The molecule has 3 heterocycles. The van der Waals surface area contributed by atoms with Crippen LogP contribution in [0.4, 0.5) is 26.1 Å². The average molecular weight is 482 g/mol. The molecule has 2 aliphatic heterocycles. The first-order valence-electron chi connectivity index (χ1n) is 12.8. The third-order valence-electron chi connectivity index (χ3n) is 7.41. The maximum Gasteiger partial charge on any atom is 0.258 e. The summed E-state index contributed by atoms with van der Waals surface area (Å²) in [6.07, 6.45) is 4.58. The van der Waals surface area contributed by atoms with Crippen molar-refractivity contribution >= 4 is 36.5 Å². The van der Waals surface area contributed by atoms with Crippen LogP contribution in [0.1, 0.15) is 69.7 Å². The Morgan fingerprint density at radius 3 is 2.23 bits per heavy atom. The topological polar surface area (TPSA) is 48.5 Å². The number of aryl methyl sites for hydroxylation is 1. The third kappa shape index (κ3) is 5.96. The molecule has 188 valence electrons. The molecule has 2 radical (unpaired) electrons. The number of benzene rings is 1. The molecule has 0 unspecified atom stereocenters. The molecule has 5 nitrogen and oxygen atoms in total. The number of nitrogens with zero attached hydrogens (tertiary/aromatic N) is 3. The van der Waals surface area contributed by atoms with Crippen molar-refractivity contribution in [1.29, 1.82) is 0 Å². The van der Waals surface area contributed by atoms with E-state index in [1.807, 2.05) is 37.8 Å². The number of alkyl halides is 2. The second-order valence-corrected chi connectivity index (χ2v) is 9.95. The fourth-order valence-corrected chi connectivity index (χ4v) is 5.02. The quantitative estimate of drug-likeness (QED) is 0.599. The average Bonchev–Trinajstić information content (AvgIpc) is 3.59. The molecule has 1 aromatic heterocycles. The predicted octanol–water partition coefficient (Wildman–Crippen LogP) is 5.32. The number of hydrogen-bond acceptors (Lipinski definition) is 4. The highest BCUT2D eigenvalue weighted by atomic mass is 19.3. The number of aromatic nitrogens is 1. The predicted molar refractivity (Wildman–Crippen MR) is 142 cm³/mol. The summed E-state index contributed by atoms with van der Waals surface area (Å²) in [5.41, 5.74) is 3.51. The summed E-state index contributed by atoms with van der Waals surface area (Å²) in [6, 6.07) is 9.06. The highest BCUT2D eigenvalue weighted by molar-refractivity contribution is 6.33. The molecule has 5 rings (SSSR count). The molecule has 1 aromatic carbocycles. The van der Waals surface area contributed by atoms with Gasteiger partial charge in [0.2, 0.25) is 0 Å². The number of rotatable bonds is 4. The van der Waals surface area contributed by atoms with E-state index in [2.05, 4.69) is 15.2 Å². The number of carbonyl (C=O) groups excluding carboxylic acids is 1. The lowest BCUT2D eigenvalue weighted by Gasteiger charge is -2.35. The smallest absolute Gasteiger partial charge is 0.258 e. The van der Waals surface area contributed by atoms with Crippen LogP contribution < -0.4 is 20.6 Å². The lowest BCUT2D eigenvalue weighted by Crippen LogP contribution is -2.39. The molecule has 35 heavy (non-hydrogen) atoms. The molecule has 1 spiro atoms. The van der Waals surface area contributed by atoms with Crippen LogP contribution in [0.25, 0.3) is 0 Å². The lowest BCUT2D eigenvalue weighted by atomic mass is 9.90. The Hall–Kier alpha value is -2.64. The summed E-state index contributed by atoms with van der Waals surface area (Å²) >= 11 is 0. The first-order chi connectivity index (χ1) is 16.7. The van der Waals surface area contributed by atoms with E-state index >= 15 is 0 Å². The first kappa shape index (κ1) is 25.5. The molecular weight excluding hydrogens is 445 g/mol. The number of anilines is 3. The summed E-state index contributed by atoms with van der Waals surface area (Å²) in [4.78, 5) is 22.0. The monoisotopic (exact) mass is 482 g/mol. The van der Waals surface area contributed by atoms with Gasteiger partial charge in [0.05, 0.1) is 5.56 Å². The molecule has 8 heteroatoms. The Labute approximate surface area is 210 Å². The molecule has 2 saturated heterocycles. The van der Waals surface area contributed by atoms with E-state index in [0.29, 0.717) is 28.1 Å². The second kappa shape index (κ2) is 10.2. The van der Waals surface area contributed by atoms with Crippen molar-refractivity contribution in [3.8, 4) is 0 Å². The Morgan fingerprint density at radius 1 is 0.971 bits per heavy atom. The van der Waals surface area contributed by atoms with Gasteiger partial charge in [-0.25, -0.2) is 13.8 Å². The van der Waals surface area contributed by atoms with E-state index in [0.717, 1.165) is 37.2 Å². The van der Waals surface area contributed by atoms with Gasteiger partial charge in [-0.1, -0.05) is 25.4 Å². The van der Waals surface area contributed by atoms with Crippen LogP contribution in [-0.4, -0.2) is 50.8 Å². The Balaban J connectivity index is 0.00000117. The number of nitrogens with one attached hydrogen (secondary N) is 1. The van der Waals surface area contributed by atoms with Gasteiger partial charge in [0.1, 0.15) is 19.5 Å². The highest BCUT2D eigenvalue weighted by Gasteiger charge is 2.44. The van der Waals surface area contributed by atoms with Crippen molar-refractivity contribution in [1.82, 2.24) is 4.98 Å². The van der Waals surface area contributed by atoms with E-state index in [-0.39, 0.29) is 33.3 Å². The van der Waals surface area contributed by atoms with Gasteiger partial charge in [0, 0.05) is 46.1 Å². The number of halogens is 2. The number of carbonyl (C=O) groups is 1. The van der Waals surface area contributed by atoms with Crippen LogP contribution in [0.5, 0.6) is 0 Å². The molecule has 2 aromatic rings. The summed E-state index contributed by atoms with van der Waals surface area (Å²) in [6.45, 7) is 8.26. The standard InChI is InChI=1S/C25H29BF2N4O.C2H6.H2/c1-17-14-21(29-22(15-17)32-12-8-25(27,28)9-13-32)30-23(33)19-3-2-18(26)16-20(19)31-10-6-24(4-5-24)7-11-31;1-2;/h2-3,14-16H,4-13H2,1H3,(H,29,30,33);1-2H3;1H. The van der Waals surface area contributed by atoms with E-state index < -0.39 is 5.92 Å². The van der Waals surface area contributed by atoms with E-state index in [1.165, 1.54) is 12.8 Å². The minimum atomic E-state index is -2.61. The SMILES string of the molecule is CC.[B]c1ccc(C(=O)Nc2cc(C)cc(N3CCC(F)(F)CC3)n2)c(N2CCC3(CC2)CC3)c1.[HH]. The van der Waals surface area contributed by atoms with Crippen molar-refractivity contribution in [2.45, 2.75) is 65.2 Å². The molecule has 1 saturated carbocycles. The second-order valence-electron chi connectivity index (χ2n) is 9.95. The zero-order chi connectivity index (χ0) is 25.2. The van der Waals surface area contributed by atoms with Gasteiger partial charge in [-0.15, -0.1) is 0 Å². The van der Waals surface area contributed by atoms with Gasteiger partial charge >= 0.3 is 0 Å². The summed E-state index contributed by atoms with van der Waals surface area (Å²) in [5.74, 6) is -1.82. The van der Waals surface area contributed by atoms with Crippen molar-refractivity contribution in [2.24, 2.45) is 5.41 Å². The van der Waals surface area contributed by atoms with E-state index in [1.54, 1.807) is 18.2 Å². The van der Waals surface area contributed by atoms with Crippen LogP contribution in [0.15, 0.2) is 30.3 Å². The van der Waals surface area contributed by atoms with Crippen LogP contribution in [0.3, 0.4) is 0 Å². The van der Waals surface area contributed by atoms with Gasteiger partial charge < -0.3 is 15.1 Å². The Kier molecular flexibility index (Phi) is 7.39. The zero-order valence-electron chi connectivity index (χ0n) is 21.0. The van der Waals surface area contributed by atoms with Gasteiger partial charge in [-0.3, -0.25) is 4.79 Å². The summed E-state index contributed by atoms with van der Waals surface area (Å²) in [5, 5.41) is 2.93. The van der Waals surface area contributed by atoms with Gasteiger partial charge in [-0.2, -0.15) is 0 Å². The number of amides is 1. The molecule has 1 amide bonds. The molecular formula is C27H37BF2N4O. The van der Waals surface area contributed by atoms with Crippen LogP contribution >= 0.6 is 0 Å². The minimum absolute atomic E-state index is 0. The van der Waals surface area contributed by atoms with Crippen molar-refractivity contribution in [2.75, 3.05) is 41.3 Å². The fourth-order valence-electron chi connectivity index (χ4n) is 5.02. The molecule has 3 fully saturated rings. The van der Waals surface area contributed by atoms with Gasteiger partial charge in [0.25, 0.3) is 11.8 Å². The molecule has 0 bridgehead atoms. The van der Waals surface area contributed by atoms with E-state index in [4.69, 9.17) is 7.85 Å². The largest absolute Gasteiger partial charge is 0.371 e. The molecule has 3 aliphatic rings. The maximum absolute atomic E-state index is 13.6. The van der Waals surface area contributed by atoms with Crippen LogP contribution in [-0.2, 0) is 0 Å². The normalized spacial score (nSPS) is 20.1. The van der Waals surface area contributed by atoms with Crippen molar-refractivity contribution in [3.05, 3.63) is 41.5 Å². The third-order valence-corrected chi connectivity index (χ3v) is 7.41. The molecule has 0 atom stereocenters. The molecule has 1 N–H and O–H groups in total. The minimum Gasteiger partial charge on any atom is -0.371 e. The number of piperidine rings is 2. The Bertz CT molecular complexity index is 1060. The Morgan fingerprint density at radius 2 is 1.60 bits per heavy atom. The van der Waals surface area contributed by atoms with Gasteiger partial charge in [-0.05, 0) is 67.9 Å². The van der Waals surface area contributed by atoms with Crippen molar-refractivity contribution in [3.63, 3.8) is 0 Å². The lowest BCUT2D eigenvalue weighted by molar-refractivity contribution is -0.0221. The van der Waals surface area contributed by atoms with Gasteiger partial charge in [0.15, 0.2) is 0 Å². The summed E-state index contributed by atoms with van der Waals surface area (Å²) in [7, 11) is 6.06. The molecule has 1 aliphatic carbocycles.